The molecule has 0 aromatic carbocycles. The number of nitrogens with zero attached hydrogens (tertiary/aromatic N) is 2. The van der Waals surface area contributed by atoms with E-state index in [0.717, 1.165) is 18.7 Å². The second-order valence-electron chi connectivity index (χ2n) is 4.86. The van der Waals surface area contributed by atoms with Gasteiger partial charge in [-0.1, -0.05) is 12.1 Å². The predicted molar refractivity (Wildman–Crippen MR) is 81.1 cm³/mol. The third-order valence-electron chi connectivity index (χ3n) is 3.43. The van der Waals surface area contributed by atoms with Gasteiger partial charge in [0.25, 0.3) is 0 Å². The minimum absolute atomic E-state index is 0.503. The SMILES string of the molecule is CC(Cc1cccs1)N(C)Cc1cccnc1CN. The van der Waals surface area contributed by atoms with Crippen molar-refractivity contribution >= 4 is 11.3 Å². The summed E-state index contributed by atoms with van der Waals surface area (Å²) >= 11 is 1.82. The highest BCUT2D eigenvalue weighted by molar-refractivity contribution is 7.09. The lowest BCUT2D eigenvalue weighted by Gasteiger charge is -2.25. The van der Waals surface area contributed by atoms with Crippen molar-refractivity contribution in [3.63, 3.8) is 0 Å². The number of pyridine rings is 1. The highest BCUT2D eigenvalue weighted by Gasteiger charge is 2.12. The molecule has 0 saturated carbocycles. The highest BCUT2D eigenvalue weighted by atomic mass is 32.1. The smallest absolute Gasteiger partial charge is 0.0584 e. The minimum atomic E-state index is 0.503. The van der Waals surface area contributed by atoms with E-state index in [2.05, 4.69) is 47.4 Å². The number of hydrogen-bond acceptors (Lipinski definition) is 4. The Labute approximate surface area is 119 Å². The Hall–Kier alpha value is -1.23. The maximum absolute atomic E-state index is 5.73. The molecule has 0 saturated heterocycles. The van der Waals surface area contributed by atoms with Gasteiger partial charge in [0, 0.05) is 30.2 Å². The molecule has 1 atom stereocenters. The van der Waals surface area contributed by atoms with E-state index in [0.29, 0.717) is 12.6 Å². The first-order valence-electron chi connectivity index (χ1n) is 6.56. The first kappa shape index (κ1) is 14.2. The van der Waals surface area contributed by atoms with Crippen molar-refractivity contribution in [3.8, 4) is 0 Å². The molecule has 0 radical (unpaired) electrons. The molecule has 2 rings (SSSR count). The van der Waals surface area contributed by atoms with Gasteiger partial charge in [0.05, 0.1) is 5.69 Å². The van der Waals surface area contributed by atoms with Crippen LogP contribution in [0.25, 0.3) is 0 Å². The van der Waals surface area contributed by atoms with Crippen LogP contribution in [-0.4, -0.2) is 23.0 Å². The minimum Gasteiger partial charge on any atom is -0.325 e. The number of likely N-dealkylation sites (N-methyl/N-ethyl adjacent to an activating group) is 1. The molecule has 19 heavy (non-hydrogen) atoms. The lowest BCUT2D eigenvalue weighted by atomic mass is 10.1. The second-order valence-corrected chi connectivity index (χ2v) is 5.89. The first-order valence-corrected chi connectivity index (χ1v) is 7.44. The molecular formula is C15H21N3S. The van der Waals surface area contributed by atoms with Crippen LogP contribution in [0.2, 0.25) is 0 Å². The zero-order valence-corrected chi connectivity index (χ0v) is 12.4. The zero-order valence-electron chi connectivity index (χ0n) is 11.5. The fourth-order valence-electron chi connectivity index (χ4n) is 2.10. The predicted octanol–water partition coefficient (Wildman–Crippen LogP) is 2.66. The van der Waals surface area contributed by atoms with Gasteiger partial charge in [-0.3, -0.25) is 9.88 Å². The maximum Gasteiger partial charge on any atom is 0.0584 e. The van der Waals surface area contributed by atoms with Crippen LogP contribution in [-0.2, 0) is 19.5 Å². The van der Waals surface area contributed by atoms with Gasteiger partial charge in [-0.15, -0.1) is 11.3 Å². The highest BCUT2D eigenvalue weighted by Crippen LogP contribution is 2.16. The van der Waals surface area contributed by atoms with Crippen molar-refractivity contribution < 1.29 is 0 Å². The lowest BCUT2D eigenvalue weighted by Crippen LogP contribution is -2.30. The molecule has 1 unspecified atom stereocenters. The van der Waals surface area contributed by atoms with E-state index >= 15 is 0 Å². The van der Waals surface area contributed by atoms with Crippen molar-refractivity contribution in [3.05, 3.63) is 52.0 Å². The Morgan fingerprint density at radius 1 is 1.37 bits per heavy atom. The lowest BCUT2D eigenvalue weighted by molar-refractivity contribution is 0.248. The fourth-order valence-corrected chi connectivity index (χ4v) is 2.93. The van der Waals surface area contributed by atoms with Gasteiger partial charge in [0.1, 0.15) is 0 Å². The Morgan fingerprint density at radius 2 is 2.21 bits per heavy atom. The van der Waals surface area contributed by atoms with Crippen LogP contribution in [0.15, 0.2) is 35.8 Å². The van der Waals surface area contributed by atoms with Crippen molar-refractivity contribution in [2.45, 2.75) is 32.5 Å². The van der Waals surface area contributed by atoms with Gasteiger partial charge in [-0.2, -0.15) is 0 Å². The third kappa shape index (κ3) is 3.86. The van der Waals surface area contributed by atoms with Crippen LogP contribution >= 0.6 is 11.3 Å². The number of aromatic nitrogens is 1. The van der Waals surface area contributed by atoms with Gasteiger partial charge in [0.15, 0.2) is 0 Å². The van der Waals surface area contributed by atoms with Crippen LogP contribution in [0, 0.1) is 0 Å². The van der Waals surface area contributed by atoms with E-state index in [1.165, 1.54) is 10.4 Å². The van der Waals surface area contributed by atoms with Crippen molar-refractivity contribution in [1.82, 2.24) is 9.88 Å². The number of nitrogens with two attached hydrogens (primary N) is 1. The Morgan fingerprint density at radius 3 is 2.89 bits per heavy atom. The summed E-state index contributed by atoms with van der Waals surface area (Å²) in [4.78, 5) is 8.13. The molecule has 2 aromatic heterocycles. The summed E-state index contributed by atoms with van der Waals surface area (Å²) < 4.78 is 0. The van der Waals surface area contributed by atoms with Gasteiger partial charge in [-0.05, 0) is 43.5 Å². The molecule has 2 N–H and O–H groups in total. The summed E-state index contributed by atoms with van der Waals surface area (Å²) in [5, 5.41) is 2.13. The molecule has 4 heteroatoms. The number of hydrogen-bond donors (Lipinski definition) is 1. The molecule has 2 aromatic rings. The molecule has 0 spiro atoms. The molecule has 0 amide bonds. The average Bonchev–Trinajstić information content (AvgIpc) is 2.92. The molecule has 102 valence electrons. The molecule has 2 heterocycles. The maximum atomic E-state index is 5.73. The zero-order chi connectivity index (χ0) is 13.7. The largest absolute Gasteiger partial charge is 0.325 e. The summed E-state index contributed by atoms with van der Waals surface area (Å²) in [7, 11) is 2.16. The standard InChI is InChI=1S/C15H21N3S/c1-12(9-14-6-4-8-19-14)18(2)11-13-5-3-7-17-15(13)10-16/h3-8,12H,9-11,16H2,1-2H3. The quantitative estimate of drug-likeness (QED) is 0.881. The normalized spacial score (nSPS) is 12.8. The van der Waals surface area contributed by atoms with Crippen LogP contribution < -0.4 is 5.73 Å². The third-order valence-corrected chi connectivity index (χ3v) is 4.33. The fraction of sp³-hybridized carbons (Fsp3) is 0.400. The van der Waals surface area contributed by atoms with Crippen LogP contribution in [0.5, 0.6) is 0 Å². The summed E-state index contributed by atoms with van der Waals surface area (Å²) in [6, 6.07) is 8.91. The Bertz CT molecular complexity index is 496. The Kier molecular flexibility index (Phi) is 5.07. The van der Waals surface area contributed by atoms with Gasteiger partial charge in [0.2, 0.25) is 0 Å². The van der Waals surface area contributed by atoms with Crippen molar-refractivity contribution in [2.75, 3.05) is 7.05 Å². The molecule has 0 aliphatic heterocycles. The topological polar surface area (TPSA) is 42.2 Å². The summed E-state index contributed by atoms with van der Waals surface area (Å²) in [6.07, 6.45) is 2.90. The van der Waals surface area contributed by atoms with E-state index in [1.807, 2.05) is 17.4 Å². The van der Waals surface area contributed by atoms with Crippen molar-refractivity contribution in [1.29, 1.82) is 0 Å². The van der Waals surface area contributed by atoms with E-state index in [9.17, 15) is 0 Å². The Balaban J connectivity index is 1.98. The monoisotopic (exact) mass is 275 g/mol. The van der Waals surface area contributed by atoms with Crippen molar-refractivity contribution in [2.24, 2.45) is 5.73 Å². The summed E-state index contributed by atoms with van der Waals surface area (Å²) in [5.41, 5.74) is 7.96. The van der Waals surface area contributed by atoms with Crippen LogP contribution in [0.1, 0.15) is 23.1 Å². The second kappa shape index (κ2) is 6.80. The average molecular weight is 275 g/mol. The molecule has 0 aliphatic carbocycles. The van der Waals surface area contributed by atoms with E-state index in [1.54, 1.807) is 6.20 Å². The van der Waals surface area contributed by atoms with E-state index in [-0.39, 0.29) is 0 Å². The molecular weight excluding hydrogens is 254 g/mol. The van der Waals surface area contributed by atoms with E-state index < -0.39 is 0 Å². The summed E-state index contributed by atoms with van der Waals surface area (Å²) in [6.45, 7) is 3.66. The van der Waals surface area contributed by atoms with Gasteiger partial charge in [-0.25, -0.2) is 0 Å². The number of rotatable bonds is 6. The van der Waals surface area contributed by atoms with E-state index in [4.69, 9.17) is 5.73 Å². The summed E-state index contributed by atoms with van der Waals surface area (Å²) in [5.74, 6) is 0. The van der Waals surface area contributed by atoms with Crippen LogP contribution in [0.3, 0.4) is 0 Å². The molecule has 0 fully saturated rings. The molecule has 3 nitrogen and oxygen atoms in total. The van der Waals surface area contributed by atoms with Gasteiger partial charge >= 0.3 is 0 Å². The first-order chi connectivity index (χ1) is 9.20. The van der Waals surface area contributed by atoms with Gasteiger partial charge < -0.3 is 5.73 Å². The van der Waals surface area contributed by atoms with Crippen LogP contribution in [0.4, 0.5) is 0 Å². The molecule has 0 bridgehead atoms. The molecule has 0 aliphatic rings. The number of thiophene rings is 1.